The number of fused-ring (bicyclic) bond motifs is 1. The molecule has 0 radical (unpaired) electrons. The lowest BCUT2D eigenvalue weighted by molar-refractivity contribution is 0.0489. The fourth-order valence-electron chi connectivity index (χ4n) is 5.14. The van der Waals surface area contributed by atoms with Crippen molar-refractivity contribution in [3.8, 4) is 11.3 Å². The molecule has 1 saturated heterocycles. The van der Waals surface area contributed by atoms with Crippen molar-refractivity contribution < 1.29 is 17.9 Å². The first-order chi connectivity index (χ1) is 17.7. The van der Waals surface area contributed by atoms with E-state index in [1.165, 1.54) is 12.1 Å². The molecule has 2 unspecified atom stereocenters. The van der Waals surface area contributed by atoms with Crippen molar-refractivity contribution in [2.45, 2.75) is 44.6 Å². The molecule has 1 fully saturated rings. The molecule has 194 valence electrons. The van der Waals surface area contributed by atoms with Crippen LogP contribution in [-0.2, 0) is 10.0 Å². The number of aromatic nitrogens is 3. The fourth-order valence-corrected chi connectivity index (χ4v) is 6.49. The van der Waals surface area contributed by atoms with Crippen LogP contribution in [0.1, 0.15) is 42.7 Å². The molecular weight excluding hydrogens is 491 g/mol. The van der Waals surface area contributed by atoms with Gasteiger partial charge in [-0.3, -0.25) is 0 Å². The average molecular weight is 523 g/mol. The van der Waals surface area contributed by atoms with Gasteiger partial charge in [0, 0.05) is 23.4 Å². The number of rotatable bonds is 6. The first-order valence-electron chi connectivity index (χ1n) is 12.6. The summed E-state index contributed by atoms with van der Waals surface area (Å²) in [6.07, 6.45) is 2.28. The van der Waals surface area contributed by atoms with E-state index in [0.717, 1.165) is 53.8 Å². The van der Waals surface area contributed by atoms with Gasteiger partial charge in [0.2, 0.25) is 0 Å². The number of halogens is 1. The minimum absolute atomic E-state index is 0.0825. The second-order valence-corrected chi connectivity index (χ2v) is 11.7. The maximum atomic E-state index is 14.8. The summed E-state index contributed by atoms with van der Waals surface area (Å²) in [6.45, 7) is 8.71. The lowest BCUT2D eigenvalue weighted by Crippen LogP contribution is -2.37. The van der Waals surface area contributed by atoms with Crippen molar-refractivity contribution in [2.24, 2.45) is 5.92 Å². The molecule has 1 aliphatic rings. The van der Waals surface area contributed by atoms with Crippen LogP contribution in [0.5, 0.6) is 0 Å². The number of hydrogen-bond acceptors (Lipinski definition) is 6. The normalized spacial score (nSPS) is 17.8. The molecule has 5 rings (SSSR count). The highest BCUT2D eigenvalue weighted by Crippen LogP contribution is 2.33. The standard InChI is InChI=1S/C28H31FN4O3S/c1-4-32-13-5-6-21(16-32)28(34)25-14-19(3)27(31-30-25)20-9-12-23-24(29)17-33(26(23)15-20)37(35,36)22-10-7-18(2)8-11-22/h7-12,14-15,17,21,28,34H,4-6,13,16H2,1-3H3. The van der Waals surface area contributed by atoms with Crippen molar-refractivity contribution in [1.82, 2.24) is 19.1 Å². The molecule has 2 aromatic carbocycles. The molecule has 0 bridgehead atoms. The number of aliphatic hydroxyl groups excluding tert-OH is 1. The van der Waals surface area contributed by atoms with Gasteiger partial charge >= 0.3 is 0 Å². The Morgan fingerprint density at radius 1 is 1.11 bits per heavy atom. The van der Waals surface area contributed by atoms with Gasteiger partial charge in [0.05, 0.1) is 28.0 Å². The second-order valence-electron chi connectivity index (χ2n) is 9.86. The topological polar surface area (TPSA) is 88.3 Å². The number of aliphatic hydroxyl groups is 1. The monoisotopic (exact) mass is 522 g/mol. The van der Waals surface area contributed by atoms with E-state index in [2.05, 4.69) is 22.0 Å². The fraction of sp³-hybridized carbons (Fsp3) is 0.357. The summed E-state index contributed by atoms with van der Waals surface area (Å²) in [6, 6.07) is 13.2. The third-order valence-electron chi connectivity index (χ3n) is 7.32. The van der Waals surface area contributed by atoms with Gasteiger partial charge in [0.15, 0.2) is 0 Å². The average Bonchev–Trinajstić information content (AvgIpc) is 3.25. The molecular formula is C28H31FN4O3S. The minimum atomic E-state index is -4.00. The van der Waals surface area contributed by atoms with Crippen LogP contribution in [0.15, 0.2) is 59.6 Å². The molecule has 7 nitrogen and oxygen atoms in total. The number of aryl methyl sites for hydroxylation is 2. The van der Waals surface area contributed by atoms with Crippen molar-refractivity contribution in [3.05, 3.63) is 77.4 Å². The van der Waals surface area contributed by atoms with Gasteiger partial charge < -0.3 is 10.0 Å². The van der Waals surface area contributed by atoms with Gasteiger partial charge in [-0.05, 0) is 75.7 Å². The minimum Gasteiger partial charge on any atom is -0.386 e. The van der Waals surface area contributed by atoms with Gasteiger partial charge in [0.1, 0.15) is 11.9 Å². The highest BCUT2D eigenvalue weighted by Gasteiger charge is 2.28. The summed E-state index contributed by atoms with van der Waals surface area (Å²) >= 11 is 0. The summed E-state index contributed by atoms with van der Waals surface area (Å²) in [5.74, 6) is -0.519. The van der Waals surface area contributed by atoms with E-state index in [9.17, 15) is 17.9 Å². The van der Waals surface area contributed by atoms with Crippen LogP contribution in [0, 0.1) is 25.6 Å². The third kappa shape index (κ3) is 4.79. The number of benzene rings is 2. The highest BCUT2D eigenvalue weighted by molar-refractivity contribution is 7.90. The first-order valence-corrected chi connectivity index (χ1v) is 14.0. The van der Waals surface area contributed by atoms with Crippen LogP contribution in [-0.4, -0.2) is 52.2 Å². The Hall–Kier alpha value is -3.14. The van der Waals surface area contributed by atoms with Gasteiger partial charge in [0.25, 0.3) is 10.0 Å². The molecule has 37 heavy (non-hydrogen) atoms. The zero-order valence-corrected chi connectivity index (χ0v) is 22.0. The summed E-state index contributed by atoms with van der Waals surface area (Å²) in [7, 11) is -4.00. The van der Waals surface area contributed by atoms with E-state index in [0.29, 0.717) is 17.0 Å². The largest absolute Gasteiger partial charge is 0.386 e. The van der Waals surface area contributed by atoms with E-state index < -0.39 is 21.9 Å². The zero-order chi connectivity index (χ0) is 26.3. The number of nitrogens with zero attached hydrogens (tertiary/aromatic N) is 4. The molecule has 2 aromatic heterocycles. The van der Waals surface area contributed by atoms with E-state index in [1.54, 1.807) is 30.3 Å². The van der Waals surface area contributed by atoms with E-state index in [-0.39, 0.29) is 21.7 Å². The van der Waals surface area contributed by atoms with Gasteiger partial charge in [-0.1, -0.05) is 30.7 Å². The van der Waals surface area contributed by atoms with Crippen molar-refractivity contribution in [3.63, 3.8) is 0 Å². The molecule has 1 N–H and O–H groups in total. The predicted molar refractivity (Wildman–Crippen MR) is 141 cm³/mol. The van der Waals surface area contributed by atoms with Crippen LogP contribution < -0.4 is 0 Å². The molecule has 0 saturated carbocycles. The highest BCUT2D eigenvalue weighted by atomic mass is 32.2. The Bertz CT molecular complexity index is 1550. The molecule has 0 amide bonds. The van der Waals surface area contributed by atoms with Crippen molar-refractivity contribution in [1.29, 1.82) is 0 Å². The van der Waals surface area contributed by atoms with Crippen LogP contribution in [0.2, 0.25) is 0 Å². The Kier molecular flexibility index (Phi) is 6.87. The number of hydrogen-bond donors (Lipinski definition) is 1. The van der Waals surface area contributed by atoms with E-state index in [1.807, 2.05) is 19.9 Å². The maximum absolute atomic E-state index is 14.8. The molecule has 2 atom stereocenters. The molecule has 0 spiro atoms. The summed E-state index contributed by atoms with van der Waals surface area (Å²) in [4.78, 5) is 2.42. The Labute approximate surface area is 216 Å². The third-order valence-corrected chi connectivity index (χ3v) is 9.00. The molecule has 9 heteroatoms. The van der Waals surface area contributed by atoms with E-state index in [4.69, 9.17) is 0 Å². The lowest BCUT2D eigenvalue weighted by atomic mass is 9.90. The molecule has 0 aliphatic carbocycles. The predicted octanol–water partition coefficient (Wildman–Crippen LogP) is 4.86. The van der Waals surface area contributed by atoms with Crippen LogP contribution in [0.4, 0.5) is 4.39 Å². The molecule has 4 aromatic rings. The lowest BCUT2D eigenvalue weighted by Gasteiger charge is -2.34. The number of likely N-dealkylation sites (tertiary alicyclic amines) is 1. The molecule has 1 aliphatic heterocycles. The zero-order valence-electron chi connectivity index (χ0n) is 21.2. The Morgan fingerprint density at radius 2 is 1.86 bits per heavy atom. The quantitative estimate of drug-likeness (QED) is 0.389. The van der Waals surface area contributed by atoms with E-state index >= 15 is 0 Å². The second kappa shape index (κ2) is 9.96. The van der Waals surface area contributed by atoms with Gasteiger partial charge in [-0.25, -0.2) is 16.8 Å². The Balaban J connectivity index is 1.50. The smallest absolute Gasteiger partial charge is 0.268 e. The summed E-state index contributed by atoms with van der Waals surface area (Å²) in [5.41, 5.74) is 3.65. The van der Waals surface area contributed by atoms with Crippen molar-refractivity contribution >= 4 is 20.9 Å². The summed E-state index contributed by atoms with van der Waals surface area (Å²) in [5, 5.41) is 19.9. The van der Waals surface area contributed by atoms with Crippen LogP contribution >= 0.6 is 0 Å². The SMILES string of the molecule is CCN1CCCC(C(O)c2cc(C)c(-c3ccc4c(F)cn(S(=O)(=O)c5ccc(C)cc5)c4c3)nn2)C1. The first kappa shape index (κ1) is 25.5. The summed E-state index contributed by atoms with van der Waals surface area (Å²) < 4.78 is 42.4. The van der Waals surface area contributed by atoms with Crippen molar-refractivity contribution in [2.75, 3.05) is 19.6 Å². The number of piperidine rings is 1. The maximum Gasteiger partial charge on any atom is 0.268 e. The Morgan fingerprint density at radius 3 is 2.57 bits per heavy atom. The van der Waals surface area contributed by atoms with Gasteiger partial charge in [-0.15, -0.1) is 5.10 Å². The molecule has 3 heterocycles. The van der Waals surface area contributed by atoms with Gasteiger partial charge in [-0.2, -0.15) is 5.10 Å². The van der Waals surface area contributed by atoms with Crippen LogP contribution in [0.25, 0.3) is 22.2 Å². The van der Waals surface area contributed by atoms with Crippen LogP contribution in [0.3, 0.4) is 0 Å².